The molecule has 0 aromatic heterocycles. The highest BCUT2D eigenvalue weighted by atomic mass is 16.3. The van der Waals surface area contributed by atoms with Crippen LogP contribution >= 0.6 is 0 Å². The number of unbranched alkanes of at least 4 members (excludes halogenated alkanes) is 4. The Hall–Kier alpha value is -1.68. The first-order valence-corrected chi connectivity index (χ1v) is 10.7. The second-order valence-corrected chi connectivity index (χ2v) is 8.15. The number of rotatable bonds is 13. The average Bonchev–Trinajstić information content (AvgIpc) is 2.74. The van der Waals surface area contributed by atoms with Crippen molar-refractivity contribution < 1.29 is 10.2 Å². The van der Waals surface area contributed by atoms with E-state index in [1.54, 1.807) is 0 Å². The van der Waals surface area contributed by atoms with Gasteiger partial charge in [-0.25, -0.2) is 0 Å². The summed E-state index contributed by atoms with van der Waals surface area (Å²) in [4.78, 5) is 0. The predicted molar refractivity (Wildman–Crippen MR) is 118 cm³/mol. The molecule has 0 saturated heterocycles. The summed E-state index contributed by atoms with van der Waals surface area (Å²) in [5.41, 5.74) is 10.3. The monoisotopic (exact) mass is 383 g/mol. The van der Waals surface area contributed by atoms with Crippen LogP contribution in [0.15, 0.2) is 48.5 Å². The molecule has 0 amide bonds. The maximum Gasteiger partial charge on any atom is 0.0633 e. The van der Waals surface area contributed by atoms with Crippen LogP contribution in [0.25, 0.3) is 0 Å². The Kier molecular flexibility index (Phi) is 9.69. The second-order valence-electron chi connectivity index (χ2n) is 8.15. The second kappa shape index (κ2) is 12.0. The van der Waals surface area contributed by atoms with Crippen LogP contribution in [0.3, 0.4) is 0 Å². The lowest BCUT2D eigenvalue weighted by molar-refractivity contribution is 0.115. The van der Waals surface area contributed by atoms with Gasteiger partial charge in [-0.05, 0) is 54.4 Å². The quantitative estimate of drug-likeness (QED) is 0.449. The fraction of sp³-hybridized carbons (Fsp3) is 0.520. The fourth-order valence-corrected chi connectivity index (χ4v) is 3.42. The molecule has 0 heterocycles. The van der Waals surface area contributed by atoms with Crippen molar-refractivity contribution in [3.8, 4) is 0 Å². The largest absolute Gasteiger partial charge is 0.394 e. The Morgan fingerprint density at radius 2 is 1.14 bits per heavy atom. The Morgan fingerprint density at radius 1 is 0.679 bits per heavy atom. The van der Waals surface area contributed by atoms with Gasteiger partial charge in [-0.3, -0.25) is 0 Å². The van der Waals surface area contributed by atoms with Gasteiger partial charge in [-0.2, -0.15) is 0 Å². The maximum absolute atomic E-state index is 9.29. The molecule has 3 nitrogen and oxygen atoms in total. The van der Waals surface area contributed by atoms with Crippen LogP contribution in [-0.2, 0) is 19.3 Å². The number of aryl methyl sites for hydroxylation is 2. The molecule has 4 N–H and O–H groups in total. The van der Waals surface area contributed by atoms with E-state index in [0.29, 0.717) is 6.42 Å². The van der Waals surface area contributed by atoms with E-state index < -0.39 is 5.54 Å². The van der Waals surface area contributed by atoms with Gasteiger partial charge in [-0.1, -0.05) is 81.1 Å². The molecule has 0 spiro atoms. The lowest BCUT2D eigenvalue weighted by Crippen LogP contribution is -2.47. The molecule has 0 aliphatic heterocycles. The summed E-state index contributed by atoms with van der Waals surface area (Å²) in [6.07, 6.45) is 10.1. The molecule has 0 atom stereocenters. The van der Waals surface area contributed by atoms with Gasteiger partial charge in [0.2, 0.25) is 0 Å². The van der Waals surface area contributed by atoms with Crippen LogP contribution < -0.4 is 5.73 Å². The highest BCUT2D eigenvalue weighted by Gasteiger charge is 2.22. The molecule has 2 aromatic rings. The number of aliphatic hydroxyl groups is 2. The normalized spacial score (nSPS) is 11.7. The van der Waals surface area contributed by atoms with Gasteiger partial charge < -0.3 is 15.9 Å². The molecule has 0 saturated carbocycles. The van der Waals surface area contributed by atoms with E-state index in [0.717, 1.165) is 12.8 Å². The van der Waals surface area contributed by atoms with Gasteiger partial charge in [0.05, 0.1) is 18.8 Å². The van der Waals surface area contributed by atoms with Crippen molar-refractivity contribution in [1.29, 1.82) is 0 Å². The highest BCUT2D eigenvalue weighted by molar-refractivity contribution is 5.30. The third-order valence-electron chi connectivity index (χ3n) is 5.56. The molecular formula is C25H37NO2. The Balaban J connectivity index is 1.80. The van der Waals surface area contributed by atoms with Crippen LogP contribution in [0.1, 0.15) is 67.7 Å². The van der Waals surface area contributed by atoms with Crippen molar-refractivity contribution in [2.24, 2.45) is 5.73 Å². The van der Waals surface area contributed by atoms with Gasteiger partial charge in [0.1, 0.15) is 0 Å². The number of benzene rings is 2. The van der Waals surface area contributed by atoms with Crippen LogP contribution in [0.2, 0.25) is 0 Å². The highest BCUT2D eigenvalue weighted by Crippen LogP contribution is 2.16. The summed E-state index contributed by atoms with van der Waals surface area (Å²) < 4.78 is 0. The molecule has 0 unspecified atom stereocenters. The van der Waals surface area contributed by atoms with Gasteiger partial charge in [0.15, 0.2) is 0 Å². The Morgan fingerprint density at radius 3 is 1.64 bits per heavy atom. The molecule has 2 rings (SSSR count). The number of nitrogens with two attached hydrogens (primary N) is 1. The molecule has 0 fully saturated rings. The topological polar surface area (TPSA) is 66.5 Å². The van der Waals surface area contributed by atoms with Crippen LogP contribution in [0.4, 0.5) is 0 Å². The minimum atomic E-state index is -0.892. The smallest absolute Gasteiger partial charge is 0.0633 e. The standard InChI is InChI=1S/C25H37NO2/c1-2-3-4-5-6-7-21-8-12-23(13-9-21)18-24-14-10-22(11-15-24)16-17-25(26,19-27)20-28/h8-15,27-28H,2-7,16-20,26H2,1H3. The van der Waals surface area contributed by atoms with Gasteiger partial charge in [0.25, 0.3) is 0 Å². The fourth-order valence-electron chi connectivity index (χ4n) is 3.42. The van der Waals surface area contributed by atoms with Crippen molar-refractivity contribution in [2.75, 3.05) is 13.2 Å². The first-order chi connectivity index (χ1) is 13.6. The zero-order valence-corrected chi connectivity index (χ0v) is 17.4. The zero-order chi connectivity index (χ0) is 20.2. The van der Waals surface area contributed by atoms with E-state index >= 15 is 0 Å². The zero-order valence-electron chi connectivity index (χ0n) is 17.4. The van der Waals surface area contributed by atoms with Gasteiger partial charge in [-0.15, -0.1) is 0 Å². The summed E-state index contributed by atoms with van der Waals surface area (Å²) in [7, 11) is 0. The van der Waals surface area contributed by atoms with E-state index in [2.05, 4.69) is 55.5 Å². The number of aliphatic hydroxyl groups excluding tert-OH is 2. The van der Waals surface area contributed by atoms with Crippen molar-refractivity contribution in [3.63, 3.8) is 0 Å². The molecule has 2 aromatic carbocycles. The molecule has 0 aliphatic carbocycles. The average molecular weight is 384 g/mol. The first kappa shape index (κ1) is 22.6. The van der Waals surface area contributed by atoms with Crippen LogP contribution in [0, 0.1) is 0 Å². The van der Waals surface area contributed by atoms with Gasteiger partial charge in [0, 0.05) is 0 Å². The summed E-state index contributed by atoms with van der Waals surface area (Å²) in [5, 5.41) is 18.6. The SMILES string of the molecule is CCCCCCCc1ccc(Cc2ccc(CCC(N)(CO)CO)cc2)cc1. The first-order valence-electron chi connectivity index (χ1n) is 10.7. The molecule has 0 bridgehead atoms. The summed E-state index contributed by atoms with van der Waals surface area (Å²) in [6.45, 7) is 1.86. The third-order valence-corrected chi connectivity index (χ3v) is 5.56. The Labute approximate surface area is 170 Å². The summed E-state index contributed by atoms with van der Waals surface area (Å²) in [5.74, 6) is 0. The van der Waals surface area contributed by atoms with E-state index in [1.165, 1.54) is 60.8 Å². The maximum atomic E-state index is 9.29. The summed E-state index contributed by atoms with van der Waals surface area (Å²) >= 11 is 0. The van der Waals surface area contributed by atoms with Crippen LogP contribution in [0.5, 0.6) is 0 Å². The predicted octanol–water partition coefficient (Wildman–Crippen LogP) is 4.41. The van der Waals surface area contributed by atoms with E-state index in [9.17, 15) is 10.2 Å². The molecule has 3 heteroatoms. The molecule has 0 aliphatic rings. The molecule has 0 radical (unpaired) electrons. The molecular weight excluding hydrogens is 346 g/mol. The molecule has 154 valence electrons. The van der Waals surface area contributed by atoms with Crippen molar-refractivity contribution in [2.45, 2.75) is 70.3 Å². The number of hydrogen-bond donors (Lipinski definition) is 3. The lowest BCUT2D eigenvalue weighted by atomic mass is 9.93. The lowest BCUT2D eigenvalue weighted by Gasteiger charge is -2.24. The van der Waals surface area contributed by atoms with Crippen LogP contribution in [-0.4, -0.2) is 29.0 Å². The van der Waals surface area contributed by atoms with Gasteiger partial charge >= 0.3 is 0 Å². The third kappa shape index (κ3) is 7.75. The summed E-state index contributed by atoms with van der Waals surface area (Å²) in [6, 6.07) is 17.6. The van der Waals surface area contributed by atoms with Crippen molar-refractivity contribution >= 4 is 0 Å². The molecule has 28 heavy (non-hydrogen) atoms. The van der Waals surface area contributed by atoms with E-state index in [-0.39, 0.29) is 13.2 Å². The van der Waals surface area contributed by atoms with E-state index in [1.807, 2.05) is 0 Å². The van der Waals surface area contributed by atoms with Crippen molar-refractivity contribution in [1.82, 2.24) is 0 Å². The number of hydrogen-bond acceptors (Lipinski definition) is 3. The van der Waals surface area contributed by atoms with Crippen molar-refractivity contribution in [3.05, 3.63) is 70.8 Å². The minimum absolute atomic E-state index is 0.198. The minimum Gasteiger partial charge on any atom is -0.394 e. The van der Waals surface area contributed by atoms with E-state index in [4.69, 9.17) is 5.73 Å². The Bertz CT molecular complexity index is 660.